The smallest absolute Gasteiger partial charge is 0.417 e. The predicted molar refractivity (Wildman–Crippen MR) is 55.8 cm³/mol. The van der Waals surface area contributed by atoms with Crippen LogP contribution in [0.2, 0.25) is 0 Å². The number of anilines is 1. The zero-order valence-electron chi connectivity index (χ0n) is 9.36. The second kappa shape index (κ2) is 5.67. The number of hydrogen-bond acceptors (Lipinski definition) is 5. The monoisotopic (exact) mass is 264 g/mol. The first kappa shape index (κ1) is 14.2. The van der Waals surface area contributed by atoms with E-state index in [1.165, 1.54) is 0 Å². The molecule has 5 nitrogen and oxygen atoms in total. The average molecular weight is 264 g/mol. The fraction of sp³-hybridized carbons (Fsp3) is 0.400. The van der Waals surface area contributed by atoms with Gasteiger partial charge in [0.2, 0.25) is 0 Å². The van der Waals surface area contributed by atoms with Crippen LogP contribution in [0.25, 0.3) is 0 Å². The van der Waals surface area contributed by atoms with Crippen LogP contribution < -0.4 is 5.32 Å². The molecular weight excluding hydrogens is 253 g/mol. The minimum Gasteiger partial charge on any atom is -0.467 e. The molecule has 1 rings (SSSR count). The quantitative estimate of drug-likeness (QED) is 0.795. The van der Waals surface area contributed by atoms with E-state index in [1.54, 1.807) is 0 Å². The summed E-state index contributed by atoms with van der Waals surface area (Å²) in [5.74, 6) is -0.702. The van der Waals surface area contributed by atoms with Gasteiger partial charge in [-0.15, -0.1) is 0 Å². The van der Waals surface area contributed by atoms with Gasteiger partial charge in [-0.3, -0.25) is 0 Å². The molecule has 0 spiro atoms. The van der Waals surface area contributed by atoms with Gasteiger partial charge in [-0.25, -0.2) is 9.78 Å². The number of aliphatic hydroxyl groups is 1. The lowest BCUT2D eigenvalue weighted by Crippen LogP contribution is -2.34. The van der Waals surface area contributed by atoms with Crippen LogP contribution >= 0.6 is 0 Å². The van der Waals surface area contributed by atoms with Gasteiger partial charge in [-0.1, -0.05) is 0 Å². The number of halogens is 3. The number of hydrogen-bond donors (Lipinski definition) is 2. The Balaban J connectivity index is 2.77. The molecule has 18 heavy (non-hydrogen) atoms. The van der Waals surface area contributed by atoms with E-state index in [2.05, 4.69) is 15.0 Å². The van der Waals surface area contributed by atoms with Gasteiger partial charge in [0.15, 0.2) is 0 Å². The topological polar surface area (TPSA) is 71.5 Å². The van der Waals surface area contributed by atoms with Gasteiger partial charge in [0.1, 0.15) is 11.9 Å². The molecular formula is C10H11F3N2O3. The normalized spacial score (nSPS) is 12.9. The van der Waals surface area contributed by atoms with Gasteiger partial charge in [-0.05, 0) is 12.1 Å². The molecule has 0 bridgehead atoms. The Kier molecular flexibility index (Phi) is 4.49. The minimum atomic E-state index is -4.47. The van der Waals surface area contributed by atoms with Crippen molar-refractivity contribution in [2.24, 2.45) is 0 Å². The second-order valence-corrected chi connectivity index (χ2v) is 3.33. The summed E-state index contributed by atoms with van der Waals surface area (Å²) in [5.41, 5.74) is -0.897. The third kappa shape index (κ3) is 3.59. The number of pyridine rings is 1. The second-order valence-electron chi connectivity index (χ2n) is 3.33. The molecule has 0 saturated carbocycles. The van der Waals surface area contributed by atoms with Crippen LogP contribution in [0.4, 0.5) is 19.0 Å². The van der Waals surface area contributed by atoms with Crippen molar-refractivity contribution in [2.75, 3.05) is 19.0 Å². The van der Waals surface area contributed by atoms with Gasteiger partial charge in [-0.2, -0.15) is 13.2 Å². The van der Waals surface area contributed by atoms with Crippen LogP contribution in [0, 0.1) is 0 Å². The molecule has 1 aromatic heterocycles. The molecule has 1 aromatic rings. The Labute approximate surface area is 101 Å². The summed E-state index contributed by atoms with van der Waals surface area (Å²) in [6, 6.07) is 0.814. The van der Waals surface area contributed by atoms with Crippen LogP contribution in [0.15, 0.2) is 18.3 Å². The van der Waals surface area contributed by atoms with E-state index in [-0.39, 0.29) is 5.82 Å². The number of aliphatic hydroxyl groups excluding tert-OH is 1. The number of carbonyl (C=O) groups is 1. The first-order valence-electron chi connectivity index (χ1n) is 4.87. The number of aromatic nitrogens is 1. The van der Waals surface area contributed by atoms with Gasteiger partial charge in [0.05, 0.1) is 19.3 Å². The first-order valence-corrected chi connectivity index (χ1v) is 4.87. The Hall–Kier alpha value is -1.83. The van der Waals surface area contributed by atoms with Crippen molar-refractivity contribution in [1.82, 2.24) is 4.98 Å². The summed E-state index contributed by atoms with van der Waals surface area (Å²) in [4.78, 5) is 14.6. The maximum atomic E-state index is 12.3. The maximum Gasteiger partial charge on any atom is 0.417 e. The van der Waals surface area contributed by atoms with E-state index < -0.39 is 30.4 Å². The molecule has 0 aliphatic heterocycles. The Morgan fingerprint density at radius 2 is 2.22 bits per heavy atom. The number of nitrogens with zero attached hydrogens (tertiary/aromatic N) is 1. The van der Waals surface area contributed by atoms with E-state index in [1.807, 2.05) is 0 Å². The van der Waals surface area contributed by atoms with Crippen LogP contribution in [0.3, 0.4) is 0 Å². The van der Waals surface area contributed by atoms with Crippen molar-refractivity contribution in [3.8, 4) is 0 Å². The summed E-state index contributed by atoms with van der Waals surface area (Å²) in [6.07, 6.45) is -3.84. The highest BCUT2D eigenvalue weighted by Crippen LogP contribution is 2.28. The summed E-state index contributed by atoms with van der Waals surface area (Å²) in [6.45, 7) is -0.560. The third-order valence-corrected chi connectivity index (χ3v) is 2.08. The molecule has 0 saturated heterocycles. The molecule has 0 aromatic carbocycles. The van der Waals surface area contributed by atoms with Crippen molar-refractivity contribution >= 4 is 11.8 Å². The number of alkyl halides is 3. The molecule has 1 atom stereocenters. The molecule has 0 fully saturated rings. The molecule has 1 heterocycles. The zero-order chi connectivity index (χ0) is 13.8. The summed E-state index contributed by atoms with van der Waals surface area (Å²) < 4.78 is 41.2. The lowest BCUT2D eigenvalue weighted by Gasteiger charge is -2.14. The van der Waals surface area contributed by atoms with Crippen molar-refractivity contribution in [1.29, 1.82) is 0 Å². The van der Waals surface area contributed by atoms with E-state index in [4.69, 9.17) is 5.11 Å². The fourth-order valence-electron chi connectivity index (χ4n) is 1.15. The Bertz CT molecular complexity index is 406. The highest BCUT2D eigenvalue weighted by molar-refractivity contribution is 5.78. The molecule has 100 valence electrons. The Morgan fingerprint density at radius 1 is 1.56 bits per heavy atom. The summed E-state index contributed by atoms with van der Waals surface area (Å²) in [7, 11) is 1.13. The molecule has 8 heteroatoms. The van der Waals surface area contributed by atoms with Crippen LogP contribution in [0.1, 0.15) is 5.56 Å². The van der Waals surface area contributed by atoms with Gasteiger partial charge in [0, 0.05) is 6.20 Å². The fourth-order valence-corrected chi connectivity index (χ4v) is 1.15. The third-order valence-electron chi connectivity index (χ3n) is 2.08. The van der Waals surface area contributed by atoms with Crippen molar-refractivity contribution in [2.45, 2.75) is 12.2 Å². The summed E-state index contributed by atoms with van der Waals surface area (Å²) >= 11 is 0. The maximum absolute atomic E-state index is 12.3. The SMILES string of the molecule is COC(=O)C(CO)Nc1ccc(C(F)(F)F)cn1. The van der Waals surface area contributed by atoms with Crippen molar-refractivity contribution in [3.05, 3.63) is 23.9 Å². The highest BCUT2D eigenvalue weighted by Gasteiger charge is 2.30. The molecule has 2 N–H and O–H groups in total. The number of ether oxygens (including phenoxy) is 1. The largest absolute Gasteiger partial charge is 0.467 e. The lowest BCUT2D eigenvalue weighted by atomic mass is 10.2. The number of methoxy groups -OCH3 is 1. The van der Waals surface area contributed by atoms with Crippen LogP contribution in [-0.2, 0) is 15.7 Å². The first-order chi connectivity index (χ1) is 8.38. The minimum absolute atomic E-state index is 0.0347. The van der Waals surface area contributed by atoms with Crippen molar-refractivity contribution in [3.63, 3.8) is 0 Å². The van der Waals surface area contributed by atoms with E-state index in [0.29, 0.717) is 6.20 Å². The van der Waals surface area contributed by atoms with Gasteiger partial charge < -0.3 is 15.2 Å². The molecule has 1 unspecified atom stereocenters. The van der Waals surface area contributed by atoms with E-state index in [0.717, 1.165) is 19.2 Å². The van der Waals surface area contributed by atoms with E-state index in [9.17, 15) is 18.0 Å². The van der Waals surface area contributed by atoms with Gasteiger partial charge in [0.25, 0.3) is 0 Å². The van der Waals surface area contributed by atoms with Gasteiger partial charge >= 0.3 is 12.1 Å². The standard InChI is InChI=1S/C10H11F3N2O3/c1-18-9(17)7(5-16)15-8-3-2-6(4-14-8)10(11,12)13/h2-4,7,16H,5H2,1H3,(H,14,15). The number of rotatable bonds is 4. The van der Waals surface area contributed by atoms with Crippen LogP contribution in [-0.4, -0.2) is 35.8 Å². The van der Waals surface area contributed by atoms with E-state index >= 15 is 0 Å². The molecule has 0 amide bonds. The number of nitrogens with one attached hydrogen (secondary N) is 1. The number of carbonyl (C=O) groups excluding carboxylic acids is 1. The highest BCUT2D eigenvalue weighted by atomic mass is 19.4. The summed E-state index contributed by atoms with van der Waals surface area (Å²) in [5, 5.41) is 11.4. The zero-order valence-corrected chi connectivity index (χ0v) is 9.36. The average Bonchev–Trinajstić information content (AvgIpc) is 2.34. The molecule has 0 aliphatic rings. The number of esters is 1. The van der Waals surface area contributed by atoms with Crippen molar-refractivity contribution < 1.29 is 27.8 Å². The molecule has 0 radical (unpaired) electrons. The predicted octanol–water partition coefficient (Wildman–Crippen LogP) is 1.05. The lowest BCUT2D eigenvalue weighted by molar-refractivity contribution is -0.142. The van der Waals surface area contributed by atoms with Crippen LogP contribution in [0.5, 0.6) is 0 Å². The molecule has 0 aliphatic carbocycles. The Morgan fingerprint density at radius 3 is 2.61 bits per heavy atom.